The van der Waals surface area contributed by atoms with E-state index >= 15 is 0 Å². The maximum Gasteiger partial charge on any atom is 0.308 e. The Balaban J connectivity index is 1.71. The van der Waals surface area contributed by atoms with Gasteiger partial charge in [0.1, 0.15) is 11.6 Å². The van der Waals surface area contributed by atoms with Crippen LogP contribution in [-0.4, -0.2) is 32.6 Å². The number of carbonyl (C=O) groups excluding carboxylic acids is 1. The van der Waals surface area contributed by atoms with Crippen LogP contribution < -0.4 is 0 Å². The van der Waals surface area contributed by atoms with Crippen molar-refractivity contribution in [2.45, 2.75) is 52.7 Å². The van der Waals surface area contributed by atoms with E-state index in [4.69, 9.17) is 30.4 Å². The molecule has 1 aliphatic heterocycles. The molecule has 184 valence electrons. The first-order valence-corrected chi connectivity index (χ1v) is 11.9. The fourth-order valence-corrected chi connectivity index (χ4v) is 4.38. The van der Waals surface area contributed by atoms with Crippen molar-refractivity contribution in [2.24, 2.45) is 4.99 Å². The van der Waals surface area contributed by atoms with Crippen LogP contribution in [0.2, 0.25) is 5.02 Å². The van der Waals surface area contributed by atoms with Crippen molar-refractivity contribution >= 4 is 23.3 Å². The smallest absolute Gasteiger partial charge is 0.308 e. The van der Waals surface area contributed by atoms with Gasteiger partial charge in [0.2, 0.25) is 0 Å². The Hall–Kier alpha value is -3.78. The van der Waals surface area contributed by atoms with E-state index in [1.54, 1.807) is 6.92 Å². The molecule has 9 heteroatoms. The predicted octanol–water partition coefficient (Wildman–Crippen LogP) is 6.29. The van der Waals surface area contributed by atoms with Gasteiger partial charge in [0.25, 0.3) is 5.89 Å². The van der Waals surface area contributed by atoms with Gasteiger partial charge in [0, 0.05) is 21.7 Å². The number of hydrogen-bond acceptors (Lipinski definition) is 8. The van der Waals surface area contributed by atoms with Gasteiger partial charge in [-0.25, -0.2) is 0 Å². The van der Waals surface area contributed by atoms with E-state index in [9.17, 15) is 4.79 Å². The Kier molecular flexibility index (Phi) is 6.00. The minimum atomic E-state index is -0.636. The second kappa shape index (κ2) is 9.02. The van der Waals surface area contributed by atoms with Gasteiger partial charge in [-0.3, -0.25) is 9.79 Å². The van der Waals surface area contributed by atoms with Crippen LogP contribution in [0.5, 0.6) is 0 Å². The number of aryl methyl sites for hydroxylation is 2. The van der Waals surface area contributed by atoms with Gasteiger partial charge < -0.3 is 13.8 Å². The minimum Gasteiger partial charge on any atom is -0.460 e. The Morgan fingerprint density at radius 3 is 2.39 bits per heavy atom. The summed E-state index contributed by atoms with van der Waals surface area (Å²) in [4.78, 5) is 22.3. The summed E-state index contributed by atoms with van der Waals surface area (Å²) in [7, 11) is 0. The van der Waals surface area contributed by atoms with E-state index in [1.807, 2.05) is 70.2 Å². The van der Waals surface area contributed by atoms with Crippen molar-refractivity contribution in [2.75, 3.05) is 0 Å². The van der Waals surface area contributed by atoms with Crippen LogP contribution in [0, 0.1) is 13.8 Å². The molecule has 0 fully saturated rings. The average Bonchev–Trinajstić information content (AvgIpc) is 3.38. The molecular weight excluding hydrogens is 480 g/mol. The van der Waals surface area contributed by atoms with Gasteiger partial charge in [-0.1, -0.05) is 40.1 Å². The summed E-state index contributed by atoms with van der Waals surface area (Å²) in [6.45, 7) is 9.15. The molecule has 36 heavy (non-hydrogen) atoms. The van der Waals surface area contributed by atoms with Gasteiger partial charge in [-0.2, -0.15) is 4.98 Å². The summed E-state index contributed by atoms with van der Waals surface area (Å²) < 4.78 is 16.8. The van der Waals surface area contributed by atoms with E-state index < -0.39 is 11.6 Å². The lowest BCUT2D eigenvalue weighted by molar-refractivity contribution is -0.155. The first kappa shape index (κ1) is 23.9. The lowest BCUT2D eigenvalue weighted by atomic mass is 9.91. The molecule has 0 spiro atoms. The van der Waals surface area contributed by atoms with Crippen molar-refractivity contribution < 1.29 is 18.6 Å². The number of benzene rings is 2. The number of hydrogen-bond donors (Lipinski definition) is 0. The second-order valence-corrected chi connectivity index (χ2v) is 10.1. The zero-order valence-corrected chi connectivity index (χ0v) is 21.4. The van der Waals surface area contributed by atoms with Crippen molar-refractivity contribution in [3.05, 3.63) is 75.9 Å². The predicted molar refractivity (Wildman–Crippen MR) is 135 cm³/mol. The highest BCUT2D eigenvalue weighted by Crippen LogP contribution is 2.42. The number of ether oxygens (including phenoxy) is 1. The number of nitrogens with zero attached hydrogens (tertiary/aromatic N) is 4. The first-order chi connectivity index (χ1) is 17.1. The van der Waals surface area contributed by atoms with Crippen LogP contribution in [0.25, 0.3) is 22.6 Å². The highest BCUT2D eigenvalue weighted by atomic mass is 35.5. The standard InChI is InChI=1S/C27H25ClN4O4/c1-14-23-19-11-8-17(26-29-15(2)32-36-26)12-20(19)24(16-6-9-18(28)10-7-16)30-21(25(23)35-31-14)13-22(33)34-27(3,4)5/h6-12,21H,13H2,1-5H3/t21-/m0/s1. The summed E-state index contributed by atoms with van der Waals surface area (Å²) in [6, 6.07) is 12.6. The van der Waals surface area contributed by atoms with E-state index in [0.29, 0.717) is 33.9 Å². The number of fused-ring (bicyclic) bond motifs is 3. The fraction of sp³-hybridized carbons (Fsp3) is 0.296. The number of aromatic nitrogens is 3. The molecule has 0 unspecified atom stereocenters. The van der Waals surface area contributed by atoms with Crippen molar-refractivity contribution in [1.29, 1.82) is 0 Å². The summed E-state index contributed by atoms with van der Waals surface area (Å²) in [6.07, 6.45) is -0.000305. The van der Waals surface area contributed by atoms with Gasteiger partial charge in [-0.05, 0) is 64.4 Å². The van der Waals surface area contributed by atoms with Crippen LogP contribution in [0.3, 0.4) is 0 Å². The number of rotatable bonds is 4. The monoisotopic (exact) mass is 504 g/mol. The Morgan fingerprint density at radius 1 is 1.00 bits per heavy atom. The quantitative estimate of drug-likeness (QED) is 0.301. The number of aliphatic imine (C=N–C) groups is 1. The van der Waals surface area contributed by atoms with E-state index in [1.165, 1.54) is 0 Å². The van der Waals surface area contributed by atoms with E-state index in [-0.39, 0.29) is 12.4 Å². The summed E-state index contributed by atoms with van der Waals surface area (Å²) >= 11 is 6.17. The largest absolute Gasteiger partial charge is 0.460 e. The van der Waals surface area contributed by atoms with Crippen molar-refractivity contribution in [3.63, 3.8) is 0 Å². The number of carbonyl (C=O) groups is 1. The van der Waals surface area contributed by atoms with Crippen molar-refractivity contribution in [3.8, 4) is 22.6 Å². The third kappa shape index (κ3) is 4.68. The molecular formula is C27H25ClN4O4. The summed E-state index contributed by atoms with van der Waals surface area (Å²) in [5.74, 6) is 1.09. The van der Waals surface area contributed by atoms with E-state index in [0.717, 1.165) is 27.8 Å². The zero-order valence-electron chi connectivity index (χ0n) is 20.6. The van der Waals surface area contributed by atoms with Crippen LogP contribution in [0.4, 0.5) is 0 Å². The molecule has 0 bridgehead atoms. The molecule has 1 aliphatic rings. The molecule has 0 amide bonds. The highest BCUT2D eigenvalue weighted by Gasteiger charge is 2.33. The molecule has 0 saturated carbocycles. The molecule has 0 aliphatic carbocycles. The van der Waals surface area contributed by atoms with Gasteiger partial charge in [0.05, 0.1) is 23.4 Å². The SMILES string of the molecule is Cc1noc(-c2ccc3c(c2)C(c2ccc(Cl)cc2)=N[C@@H](CC(=O)OC(C)(C)C)c2onc(C)c2-3)n1. The average molecular weight is 505 g/mol. The van der Waals surface area contributed by atoms with Crippen LogP contribution >= 0.6 is 11.6 Å². The Morgan fingerprint density at radius 2 is 1.72 bits per heavy atom. The molecule has 0 saturated heterocycles. The molecule has 4 aromatic rings. The third-order valence-corrected chi connectivity index (χ3v) is 5.94. The van der Waals surface area contributed by atoms with Gasteiger partial charge in [0.15, 0.2) is 11.6 Å². The van der Waals surface area contributed by atoms with Gasteiger partial charge in [-0.15, -0.1) is 0 Å². The second-order valence-electron chi connectivity index (χ2n) is 9.71. The van der Waals surface area contributed by atoms with Gasteiger partial charge >= 0.3 is 5.97 Å². The molecule has 8 nitrogen and oxygen atoms in total. The topological polar surface area (TPSA) is 104 Å². The lowest BCUT2D eigenvalue weighted by Crippen LogP contribution is -2.24. The van der Waals surface area contributed by atoms with Crippen LogP contribution in [0.15, 0.2) is 56.5 Å². The minimum absolute atomic E-state index is 0.000305. The molecule has 5 rings (SSSR count). The normalized spacial score (nSPS) is 15.1. The third-order valence-electron chi connectivity index (χ3n) is 5.69. The molecule has 0 radical (unpaired) electrons. The summed E-state index contributed by atoms with van der Waals surface area (Å²) in [5, 5.41) is 8.74. The molecule has 2 aromatic carbocycles. The molecule has 3 heterocycles. The number of esters is 1. The van der Waals surface area contributed by atoms with E-state index in [2.05, 4.69) is 15.3 Å². The fourth-order valence-electron chi connectivity index (χ4n) is 4.25. The molecule has 0 N–H and O–H groups in total. The summed E-state index contributed by atoms with van der Waals surface area (Å²) in [5.41, 5.74) is 4.86. The molecule has 1 atom stereocenters. The zero-order chi connectivity index (χ0) is 25.6. The Bertz CT molecular complexity index is 1480. The molecule has 2 aromatic heterocycles. The first-order valence-electron chi connectivity index (χ1n) is 11.6. The number of halogens is 1. The van der Waals surface area contributed by atoms with Crippen molar-refractivity contribution in [1.82, 2.24) is 15.3 Å². The Labute approximate surface area is 213 Å². The van der Waals surface area contributed by atoms with Crippen LogP contribution in [-0.2, 0) is 9.53 Å². The van der Waals surface area contributed by atoms with Crippen LogP contribution in [0.1, 0.15) is 61.6 Å². The lowest BCUT2D eigenvalue weighted by Gasteiger charge is -2.20. The maximum atomic E-state index is 12.9. The maximum absolute atomic E-state index is 12.9. The highest BCUT2D eigenvalue weighted by molar-refractivity contribution is 6.30.